The fourth-order valence-corrected chi connectivity index (χ4v) is 2.11. The summed E-state index contributed by atoms with van der Waals surface area (Å²) in [5.41, 5.74) is 1.21. The number of urea groups is 1. The van der Waals surface area contributed by atoms with Crippen LogP contribution in [0.1, 0.15) is 43.6 Å². The topological polar surface area (TPSA) is 69.6 Å². The van der Waals surface area contributed by atoms with Crippen molar-refractivity contribution in [1.29, 1.82) is 0 Å². The number of hydrogen-bond donors (Lipinski definition) is 2. The molecule has 0 unspecified atom stereocenters. The van der Waals surface area contributed by atoms with Crippen LogP contribution >= 0.6 is 0 Å². The molecule has 116 valence electrons. The zero-order valence-corrected chi connectivity index (χ0v) is 13.3. The third kappa shape index (κ3) is 4.48. The maximum absolute atomic E-state index is 12.4. The number of aryl methyl sites for hydroxylation is 1. The average Bonchev–Trinajstić information content (AvgIpc) is 2.37. The summed E-state index contributed by atoms with van der Waals surface area (Å²) in [7, 11) is 0. The second-order valence-corrected chi connectivity index (χ2v) is 5.87. The predicted octanol–water partition coefficient (Wildman–Crippen LogP) is 3.59. The molecule has 0 heterocycles. The van der Waals surface area contributed by atoms with Gasteiger partial charge in [0.15, 0.2) is 0 Å². The molecule has 1 rings (SSSR count). The molecule has 0 spiro atoms. The van der Waals surface area contributed by atoms with Crippen LogP contribution in [0.25, 0.3) is 0 Å². The molecule has 0 atom stereocenters. The van der Waals surface area contributed by atoms with Gasteiger partial charge in [-0.1, -0.05) is 26.0 Å². The van der Waals surface area contributed by atoms with Crippen LogP contribution in [0.2, 0.25) is 0 Å². The molecule has 1 aromatic carbocycles. The van der Waals surface area contributed by atoms with Gasteiger partial charge in [0.05, 0.1) is 11.3 Å². The smallest absolute Gasteiger partial charge is 0.337 e. The van der Waals surface area contributed by atoms with E-state index in [0.717, 1.165) is 5.56 Å². The van der Waals surface area contributed by atoms with E-state index in [1.807, 2.05) is 27.7 Å². The predicted molar refractivity (Wildman–Crippen MR) is 83.8 cm³/mol. The van der Waals surface area contributed by atoms with Crippen molar-refractivity contribution >= 4 is 17.7 Å². The maximum atomic E-state index is 12.4. The van der Waals surface area contributed by atoms with E-state index in [4.69, 9.17) is 0 Å². The maximum Gasteiger partial charge on any atom is 0.337 e. The Balaban J connectivity index is 3.04. The highest BCUT2D eigenvalue weighted by Gasteiger charge is 2.21. The summed E-state index contributed by atoms with van der Waals surface area (Å²) >= 11 is 0. The lowest BCUT2D eigenvalue weighted by molar-refractivity contribution is 0.0698. The summed E-state index contributed by atoms with van der Waals surface area (Å²) in [5, 5.41) is 12.0. The molecule has 0 aromatic heterocycles. The number of carboxylic acid groups (broad SMARTS) is 1. The van der Waals surface area contributed by atoms with E-state index in [2.05, 4.69) is 5.32 Å². The van der Waals surface area contributed by atoms with E-state index >= 15 is 0 Å². The summed E-state index contributed by atoms with van der Waals surface area (Å²) in [6, 6.07) is 4.72. The average molecular weight is 292 g/mol. The molecule has 0 bridgehead atoms. The minimum absolute atomic E-state index is 0.0460. The minimum atomic E-state index is -1.05. The van der Waals surface area contributed by atoms with Crippen molar-refractivity contribution in [2.75, 3.05) is 11.9 Å². The van der Waals surface area contributed by atoms with Crippen molar-refractivity contribution in [2.45, 2.75) is 40.7 Å². The normalized spacial score (nSPS) is 10.8. The zero-order chi connectivity index (χ0) is 16.2. The Bertz CT molecular complexity index is 524. The third-order valence-electron chi connectivity index (χ3n) is 3.18. The van der Waals surface area contributed by atoms with Crippen molar-refractivity contribution in [1.82, 2.24) is 4.90 Å². The van der Waals surface area contributed by atoms with Gasteiger partial charge in [-0.05, 0) is 38.3 Å². The molecule has 1 aromatic rings. The van der Waals surface area contributed by atoms with Crippen molar-refractivity contribution in [3.8, 4) is 0 Å². The van der Waals surface area contributed by atoms with Gasteiger partial charge in [-0.25, -0.2) is 9.59 Å². The number of carbonyl (C=O) groups excluding carboxylic acids is 1. The highest BCUT2D eigenvalue weighted by atomic mass is 16.4. The number of anilines is 1. The third-order valence-corrected chi connectivity index (χ3v) is 3.18. The van der Waals surface area contributed by atoms with Crippen LogP contribution in [0, 0.1) is 12.8 Å². The minimum Gasteiger partial charge on any atom is -0.478 e. The number of hydrogen-bond acceptors (Lipinski definition) is 2. The number of amides is 2. The van der Waals surface area contributed by atoms with Gasteiger partial charge in [0.1, 0.15) is 0 Å². The number of aromatic carboxylic acids is 1. The largest absolute Gasteiger partial charge is 0.478 e. The first-order chi connectivity index (χ1) is 9.73. The van der Waals surface area contributed by atoms with E-state index in [9.17, 15) is 14.7 Å². The van der Waals surface area contributed by atoms with Gasteiger partial charge < -0.3 is 15.3 Å². The van der Waals surface area contributed by atoms with Crippen molar-refractivity contribution in [2.24, 2.45) is 5.92 Å². The Morgan fingerprint density at radius 1 is 1.24 bits per heavy atom. The van der Waals surface area contributed by atoms with Crippen LogP contribution in [0.5, 0.6) is 0 Å². The highest BCUT2D eigenvalue weighted by Crippen LogP contribution is 2.21. The van der Waals surface area contributed by atoms with Crippen LogP contribution in [-0.4, -0.2) is 34.6 Å². The molecular formula is C16H24N2O3. The summed E-state index contributed by atoms with van der Waals surface area (Å²) in [6.45, 7) is 10.4. The number of nitrogens with one attached hydrogen (secondary N) is 1. The summed E-state index contributed by atoms with van der Waals surface area (Å²) in [4.78, 5) is 25.4. The van der Waals surface area contributed by atoms with Gasteiger partial charge in [0, 0.05) is 12.6 Å². The Morgan fingerprint density at radius 2 is 1.86 bits per heavy atom. The fraction of sp³-hybridized carbons (Fsp3) is 0.500. The van der Waals surface area contributed by atoms with Gasteiger partial charge in [-0.3, -0.25) is 0 Å². The zero-order valence-electron chi connectivity index (χ0n) is 13.3. The molecule has 0 fully saturated rings. The first-order valence-corrected chi connectivity index (χ1v) is 7.14. The van der Waals surface area contributed by atoms with E-state index in [1.54, 1.807) is 24.0 Å². The second-order valence-electron chi connectivity index (χ2n) is 5.87. The standard InChI is InChI=1S/C16H24N2O3/c1-10(2)9-18(11(3)4)16(21)17-14-12(5)7-6-8-13(14)15(19)20/h6-8,10-11H,9H2,1-5H3,(H,17,21)(H,19,20). The van der Waals surface area contributed by atoms with Crippen molar-refractivity contribution in [3.63, 3.8) is 0 Å². The van der Waals surface area contributed by atoms with Gasteiger partial charge in [0.2, 0.25) is 0 Å². The van der Waals surface area contributed by atoms with Gasteiger partial charge in [0.25, 0.3) is 0 Å². The lowest BCUT2D eigenvalue weighted by Gasteiger charge is -2.29. The van der Waals surface area contributed by atoms with Crippen LogP contribution in [0.4, 0.5) is 10.5 Å². The molecule has 0 radical (unpaired) electrons. The van der Waals surface area contributed by atoms with Crippen LogP contribution < -0.4 is 5.32 Å². The summed E-state index contributed by atoms with van der Waals surface area (Å²) in [5.74, 6) is -0.706. The Morgan fingerprint density at radius 3 is 2.33 bits per heavy atom. The first kappa shape index (κ1) is 17.0. The number of benzene rings is 1. The Labute approximate surface area is 126 Å². The van der Waals surface area contributed by atoms with Crippen LogP contribution in [0.3, 0.4) is 0 Å². The Hall–Kier alpha value is -2.04. The second kappa shape index (κ2) is 7.11. The van der Waals surface area contributed by atoms with E-state index in [1.165, 1.54) is 6.07 Å². The summed E-state index contributed by atoms with van der Waals surface area (Å²) < 4.78 is 0. The molecule has 0 aliphatic rings. The lowest BCUT2D eigenvalue weighted by atomic mass is 10.1. The molecular weight excluding hydrogens is 268 g/mol. The molecule has 2 N–H and O–H groups in total. The van der Waals surface area contributed by atoms with Crippen molar-refractivity contribution < 1.29 is 14.7 Å². The Kier molecular flexibility index (Phi) is 5.76. The van der Waals surface area contributed by atoms with Gasteiger partial charge >= 0.3 is 12.0 Å². The molecule has 21 heavy (non-hydrogen) atoms. The lowest BCUT2D eigenvalue weighted by Crippen LogP contribution is -2.42. The number of carboxylic acids is 1. The molecule has 5 heteroatoms. The number of rotatable bonds is 5. The summed E-state index contributed by atoms with van der Waals surface area (Å²) in [6.07, 6.45) is 0. The van der Waals surface area contributed by atoms with E-state index in [-0.39, 0.29) is 17.6 Å². The molecule has 0 aliphatic heterocycles. The van der Waals surface area contributed by atoms with E-state index < -0.39 is 5.97 Å². The number of para-hydroxylation sites is 1. The fourth-order valence-electron chi connectivity index (χ4n) is 2.11. The SMILES string of the molecule is Cc1cccc(C(=O)O)c1NC(=O)N(CC(C)C)C(C)C. The van der Waals surface area contributed by atoms with Gasteiger partial charge in [-0.2, -0.15) is 0 Å². The van der Waals surface area contributed by atoms with Crippen LogP contribution in [0.15, 0.2) is 18.2 Å². The molecule has 0 saturated heterocycles. The highest BCUT2D eigenvalue weighted by molar-refractivity contribution is 6.01. The monoisotopic (exact) mass is 292 g/mol. The van der Waals surface area contributed by atoms with E-state index in [0.29, 0.717) is 18.2 Å². The molecule has 5 nitrogen and oxygen atoms in total. The number of carbonyl (C=O) groups is 2. The number of nitrogens with zero attached hydrogens (tertiary/aromatic N) is 1. The van der Waals surface area contributed by atoms with Gasteiger partial charge in [-0.15, -0.1) is 0 Å². The quantitative estimate of drug-likeness (QED) is 0.871. The first-order valence-electron chi connectivity index (χ1n) is 7.14. The van der Waals surface area contributed by atoms with Crippen LogP contribution in [-0.2, 0) is 0 Å². The molecule has 2 amide bonds. The molecule has 0 saturated carbocycles. The molecule has 0 aliphatic carbocycles. The van der Waals surface area contributed by atoms with Crippen molar-refractivity contribution in [3.05, 3.63) is 29.3 Å².